The first-order valence-corrected chi connectivity index (χ1v) is 6.37. The van der Waals surface area contributed by atoms with E-state index in [4.69, 9.17) is 22.1 Å². The average Bonchev–Trinajstić information content (AvgIpc) is 2.31. The zero-order chi connectivity index (χ0) is 13.3. The van der Waals surface area contributed by atoms with Gasteiger partial charge in [-0.15, -0.1) is 0 Å². The molecule has 0 amide bonds. The van der Waals surface area contributed by atoms with E-state index in [0.717, 1.165) is 16.1 Å². The van der Waals surface area contributed by atoms with Gasteiger partial charge >= 0.3 is 0 Å². The molecule has 18 heavy (non-hydrogen) atoms. The molecule has 94 valence electrons. The van der Waals surface area contributed by atoms with Crippen LogP contribution in [0.25, 0.3) is 0 Å². The van der Waals surface area contributed by atoms with Crippen LogP contribution in [0.3, 0.4) is 0 Å². The fraction of sp³-hybridized carbons (Fsp3) is 0.167. The molecule has 4 nitrogen and oxygen atoms in total. The molecule has 6 heteroatoms. The lowest BCUT2D eigenvalue weighted by Gasteiger charge is -2.10. The van der Waals surface area contributed by atoms with Crippen molar-refractivity contribution in [2.24, 2.45) is 0 Å². The quantitative estimate of drug-likeness (QED) is 0.908. The topological polar surface area (TPSA) is 61.0 Å². The Bertz CT molecular complexity index is 581. The van der Waals surface area contributed by atoms with E-state index in [1.807, 2.05) is 26.0 Å². The van der Waals surface area contributed by atoms with Gasteiger partial charge in [0.25, 0.3) is 0 Å². The smallest absolute Gasteiger partial charge is 0.238 e. The van der Waals surface area contributed by atoms with Crippen molar-refractivity contribution in [1.29, 1.82) is 0 Å². The molecular weight excluding hydrogens is 318 g/mol. The van der Waals surface area contributed by atoms with Crippen molar-refractivity contribution in [2.75, 3.05) is 5.73 Å². The van der Waals surface area contributed by atoms with E-state index in [2.05, 4.69) is 25.9 Å². The van der Waals surface area contributed by atoms with Crippen LogP contribution in [0.4, 0.5) is 5.95 Å². The fourth-order valence-electron chi connectivity index (χ4n) is 1.51. The maximum Gasteiger partial charge on any atom is 0.238 e. The van der Waals surface area contributed by atoms with Gasteiger partial charge in [0.1, 0.15) is 5.75 Å². The SMILES string of the molecule is Cc1cc(Oc2nc(N)ncc2Br)cc(C)c1Cl. The molecule has 0 fully saturated rings. The minimum atomic E-state index is 0.163. The van der Waals surface area contributed by atoms with E-state index in [1.165, 1.54) is 0 Å². The second kappa shape index (κ2) is 5.12. The first kappa shape index (κ1) is 13.1. The molecule has 0 aliphatic carbocycles. The summed E-state index contributed by atoms with van der Waals surface area (Å²) in [7, 11) is 0. The molecule has 0 aliphatic rings. The van der Waals surface area contributed by atoms with Gasteiger partial charge in [-0.25, -0.2) is 4.98 Å². The number of aryl methyl sites for hydroxylation is 2. The number of nitrogens with two attached hydrogens (primary N) is 1. The molecule has 1 heterocycles. The van der Waals surface area contributed by atoms with E-state index in [1.54, 1.807) is 6.20 Å². The number of hydrogen-bond acceptors (Lipinski definition) is 4. The summed E-state index contributed by atoms with van der Waals surface area (Å²) in [5.74, 6) is 1.20. The highest BCUT2D eigenvalue weighted by molar-refractivity contribution is 9.10. The lowest BCUT2D eigenvalue weighted by atomic mass is 10.1. The van der Waals surface area contributed by atoms with Crippen molar-refractivity contribution >= 4 is 33.5 Å². The Kier molecular flexibility index (Phi) is 3.73. The largest absolute Gasteiger partial charge is 0.438 e. The third kappa shape index (κ3) is 2.73. The summed E-state index contributed by atoms with van der Waals surface area (Å²) < 4.78 is 6.31. The first-order chi connectivity index (χ1) is 8.47. The number of anilines is 1. The predicted octanol–water partition coefficient (Wildman–Crippen LogP) is 3.88. The summed E-state index contributed by atoms with van der Waals surface area (Å²) in [6.45, 7) is 3.84. The Morgan fingerprint density at radius 1 is 1.28 bits per heavy atom. The maximum atomic E-state index is 6.10. The van der Waals surface area contributed by atoms with E-state index in [0.29, 0.717) is 16.1 Å². The summed E-state index contributed by atoms with van der Waals surface area (Å²) in [5.41, 5.74) is 7.42. The highest BCUT2D eigenvalue weighted by Crippen LogP contribution is 2.31. The monoisotopic (exact) mass is 327 g/mol. The van der Waals surface area contributed by atoms with Gasteiger partial charge in [-0.05, 0) is 53.0 Å². The van der Waals surface area contributed by atoms with Gasteiger partial charge in [-0.1, -0.05) is 11.6 Å². The van der Waals surface area contributed by atoms with Crippen molar-refractivity contribution in [2.45, 2.75) is 13.8 Å². The van der Waals surface area contributed by atoms with Crippen LogP contribution >= 0.6 is 27.5 Å². The van der Waals surface area contributed by atoms with Crippen LogP contribution in [0.15, 0.2) is 22.8 Å². The number of halogens is 2. The van der Waals surface area contributed by atoms with Crippen molar-refractivity contribution in [3.63, 3.8) is 0 Å². The summed E-state index contributed by atoms with van der Waals surface area (Å²) in [6, 6.07) is 3.69. The van der Waals surface area contributed by atoms with Gasteiger partial charge in [0, 0.05) is 5.02 Å². The predicted molar refractivity (Wildman–Crippen MR) is 75.1 cm³/mol. The second-order valence-electron chi connectivity index (χ2n) is 3.85. The van der Waals surface area contributed by atoms with E-state index in [9.17, 15) is 0 Å². The van der Waals surface area contributed by atoms with Gasteiger partial charge < -0.3 is 10.5 Å². The summed E-state index contributed by atoms with van der Waals surface area (Å²) in [4.78, 5) is 7.86. The average molecular weight is 329 g/mol. The van der Waals surface area contributed by atoms with Gasteiger partial charge in [-0.2, -0.15) is 4.98 Å². The van der Waals surface area contributed by atoms with Crippen molar-refractivity contribution in [3.8, 4) is 11.6 Å². The maximum absolute atomic E-state index is 6.10. The van der Waals surface area contributed by atoms with Gasteiger partial charge in [0.2, 0.25) is 11.8 Å². The molecule has 0 spiro atoms. The molecule has 2 N–H and O–H groups in total. The first-order valence-electron chi connectivity index (χ1n) is 5.20. The Hall–Kier alpha value is -1.33. The number of rotatable bonds is 2. The van der Waals surface area contributed by atoms with Crippen molar-refractivity contribution in [3.05, 3.63) is 39.0 Å². The lowest BCUT2D eigenvalue weighted by molar-refractivity contribution is 0.458. The second-order valence-corrected chi connectivity index (χ2v) is 5.09. The zero-order valence-corrected chi connectivity index (χ0v) is 12.2. The number of aromatic nitrogens is 2. The molecule has 0 saturated heterocycles. The van der Waals surface area contributed by atoms with Crippen LogP contribution in [0, 0.1) is 13.8 Å². The molecule has 0 atom stereocenters. The van der Waals surface area contributed by atoms with Gasteiger partial charge in [-0.3, -0.25) is 0 Å². The molecule has 0 bridgehead atoms. The standard InChI is InChI=1S/C12H11BrClN3O/c1-6-3-8(4-7(2)10(6)14)18-11-9(13)5-16-12(15)17-11/h3-5H,1-2H3,(H2,15,16,17). The fourth-order valence-corrected chi connectivity index (χ4v) is 1.89. The summed E-state index contributed by atoms with van der Waals surface area (Å²) in [5, 5.41) is 0.739. The Morgan fingerprint density at radius 2 is 1.89 bits per heavy atom. The zero-order valence-electron chi connectivity index (χ0n) is 9.87. The molecule has 0 aliphatic heterocycles. The Morgan fingerprint density at radius 3 is 2.50 bits per heavy atom. The summed E-state index contributed by atoms with van der Waals surface area (Å²) in [6.07, 6.45) is 1.55. The minimum absolute atomic E-state index is 0.163. The van der Waals surface area contributed by atoms with Gasteiger partial charge in [0.15, 0.2) is 0 Å². The number of nitrogen functional groups attached to an aromatic ring is 1. The van der Waals surface area contributed by atoms with Crippen LogP contribution < -0.4 is 10.5 Å². The van der Waals surface area contributed by atoms with Crippen molar-refractivity contribution < 1.29 is 4.74 Å². The van der Waals surface area contributed by atoms with E-state index >= 15 is 0 Å². The van der Waals surface area contributed by atoms with E-state index < -0.39 is 0 Å². The summed E-state index contributed by atoms with van der Waals surface area (Å²) >= 11 is 9.41. The molecule has 2 rings (SSSR count). The molecule has 1 aromatic heterocycles. The lowest BCUT2D eigenvalue weighted by Crippen LogP contribution is -1.98. The van der Waals surface area contributed by atoms with Gasteiger partial charge in [0.05, 0.1) is 10.7 Å². The van der Waals surface area contributed by atoms with Crippen LogP contribution in [0.5, 0.6) is 11.6 Å². The normalized spacial score (nSPS) is 10.4. The Labute approximate surface area is 118 Å². The van der Waals surface area contributed by atoms with Crippen LogP contribution in [-0.2, 0) is 0 Å². The molecule has 0 saturated carbocycles. The van der Waals surface area contributed by atoms with Crippen LogP contribution in [0.1, 0.15) is 11.1 Å². The highest BCUT2D eigenvalue weighted by Gasteiger charge is 2.09. The Balaban J connectivity index is 2.37. The number of ether oxygens (including phenoxy) is 1. The van der Waals surface area contributed by atoms with Crippen LogP contribution in [0.2, 0.25) is 5.02 Å². The molecule has 2 aromatic rings. The molecule has 0 unspecified atom stereocenters. The van der Waals surface area contributed by atoms with E-state index in [-0.39, 0.29) is 5.95 Å². The third-order valence-corrected chi connectivity index (χ3v) is 3.50. The number of nitrogens with zero attached hydrogens (tertiary/aromatic N) is 2. The minimum Gasteiger partial charge on any atom is -0.438 e. The van der Waals surface area contributed by atoms with Crippen molar-refractivity contribution in [1.82, 2.24) is 9.97 Å². The van der Waals surface area contributed by atoms with Crippen LogP contribution in [-0.4, -0.2) is 9.97 Å². The molecule has 1 aromatic carbocycles. The number of benzene rings is 1. The number of hydrogen-bond donors (Lipinski definition) is 1. The highest BCUT2D eigenvalue weighted by atomic mass is 79.9. The molecule has 0 radical (unpaired) electrons. The molecular formula is C12H11BrClN3O. The third-order valence-electron chi connectivity index (χ3n) is 2.36.